The quantitative estimate of drug-likeness (QED) is 0.750. The van der Waals surface area contributed by atoms with E-state index < -0.39 is 0 Å². The molecule has 0 N–H and O–H groups in total. The third-order valence-corrected chi connectivity index (χ3v) is 3.25. The second-order valence-electron chi connectivity index (χ2n) is 5.63. The van der Waals surface area contributed by atoms with E-state index in [4.69, 9.17) is 21.6 Å². The largest absolute Gasteiger partial charge is 0.456 e. The molecule has 2 rings (SSSR count). The molecule has 0 saturated heterocycles. The van der Waals surface area contributed by atoms with Crippen LogP contribution in [0.2, 0.25) is 5.02 Å². The molecule has 2 nitrogen and oxygen atoms in total. The van der Waals surface area contributed by atoms with E-state index in [1.54, 1.807) is 18.2 Å². The molecule has 20 heavy (non-hydrogen) atoms. The molecule has 102 valence electrons. The minimum atomic E-state index is 0.108. The lowest BCUT2D eigenvalue weighted by Crippen LogP contribution is -2.10. The van der Waals surface area contributed by atoms with Crippen molar-refractivity contribution in [2.45, 2.75) is 26.2 Å². The van der Waals surface area contributed by atoms with Gasteiger partial charge in [0.15, 0.2) is 0 Å². The topological polar surface area (TPSA) is 33.0 Å². The molecule has 0 heterocycles. The molecular formula is C17H16ClNO. The minimum Gasteiger partial charge on any atom is -0.456 e. The molecule has 0 radical (unpaired) electrons. The van der Waals surface area contributed by atoms with Gasteiger partial charge in [0.1, 0.15) is 17.6 Å². The van der Waals surface area contributed by atoms with E-state index in [2.05, 4.69) is 26.8 Å². The highest BCUT2D eigenvalue weighted by atomic mass is 35.5. The molecule has 0 aliphatic heterocycles. The maximum Gasteiger partial charge on any atom is 0.145 e. The lowest BCUT2D eigenvalue weighted by molar-refractivity contribution is 0.480. The maximum absolute atomic E-state index is 9.08. The van der Waals surface area contributed by atoms with Gasteiger partial charge >= 0.3 is 0 Å². The summed E-state index contributed by atoms with van der Waals surface area (Å²) in [6, 6.07) is 15.0. The van der Waals surface area contributed by atoms with Crippen LogP contribution in [-0.2, 0) is 5.41 Å². The van der Waals surface area contributed by atoms with Gasteiger partial charge in [-0.3, -0.25) is 0 Å². The summed E-state index contributed by atoms with van der Waals surface area (Å²) in [7, 11) is 0. The summed E-state index contributed by atoms with van der Waals surface area (Å²) in [6.07, 6.45) is 0. The number of ether oxygens (including phenoxy) is 1. The van der Waals surface area contributed by atoms with Gasteiger partial charge in [-0.1, -0.05) is 44.5 Å². The van der Waals surface area contributed by atoms with Crippen LogP contribution in [0.25, 0.3) is 0 Å². The number of hydrogen-bond donors (Lipinski definition) is 0. The first-order valence-electron chi connectivity index (χ1n) is 6.38. The van der Waals surface area contributed by atoms with Crippen molar-refractivity contribution in [1.29, 1.82) is 5.26 Å². The fourth-order valence-corrected chi connectivity index (χ4v) is 2.00. The summed E-state index contributed by atoms with van der Waals surface area (Å²) < 4.78 is 5.74. The number of rotatable bonds is 2. The fourth-order valence-electron chi connectivity index (χ4n) is 1.83. The van der Waals surface area contributed by atoms with Gasteiger partial charge in [-0.2, -0.15) is 5.26 Å². The number of nitriles is 1. The number of halogens is 1. The molecule has 0 bridgehead atoms. The SMILES string of the molecule is CC(C)(C)c1ccc(Oc2ccc(Cl)cc2C#N)cc1. The van der Waals surface area contributed by atoms with Crippen LogP contribution in [-0.4, -0.2) is 0 Å². The van der Waals surface area contributed by atoms with Crippen LogP contribution >= 0.6 is 11.6 Å². The molecule has 0 aliphatic rings. The lowest BCUT2D eigenvalue weighted by Gasteiger charge is -2.19. The van der Waals surface area contributed by atoms with Gasteiger partial charge in [0, 0.05) is 5.02 Å². The highest BCUT2D eigenvalue weighted by Crippen LogP contribution is 2.29. The van der Waals surface area contributed by atoms with E-state index in [-0.39, 0.29) is 5.41 Å². The molecule has 0 atom stereocenters. The van der Waals surface area contributed by atoms with E-state index in [1.807, 2.05) is 24.3 Å². The van der Waals surface area contributed by atoms with Gasteiger partial charge < -0.3 is 4.74 Å². The van der Waals surface area contributed by atoms with Crippen LogP contribution in [0.5, 0.6) is 11.5 Å². The molecule has 2 aromatic rings. The summed E-state index contributed by atoms with van der Waals surface area (Å²) in [6.45, 7) is 6.49. The number of nitrogens with zero attached hydrogens (tertiary/aromatic N) is 1. The molecule has 0 spiro atoms. The third-order valence-electron chi connectivity index (χ3n) is 3.01. The average molecular weight is 286 g/mol. The second kappa shape index (κ2) is 5.56. The predicted octanol–water partition coefficient (Wildman–Crippen LogP) is 5.30. The molecule has 2 aromatic carbocycles. The first-order chi connectivity index (χ1) is 9.40. The minimum absolute atomic E-state index is 0.108. The summed E-state index contributed by atoms with van der Waals surface area (Å²) in [5.41, 5.74) is 1.77. The van der Waals surface area contributed by atoms with Crippen molar-refractivity contribution in [3.63, 3.8) is 0 Å². The molecule has 0 aromatic heterocycles. The Morgan fingerprint density at radius 3 is 2.25 bits per heavy atom. The van der Waals surface area contributed by atoms with E-state index in [9.17, 15) is 0 Å². The van der Waals surface area contributed by atoms with E-state index >= 15 is 0 Å². The highest BCUT2D eigenvalue weighted by molar-refractivity contribution is 6.30. The second-order valence-corrected chi connectivity index (χ2v) is 6.07. The first-order valence-corrected chi connectivity index (χ1v) is 6.76. The smallest absolute Gasteiger partial charge is 0.145 e. The summed E-state index contributed by atoms with van der Waals surface area (Å²) in [5, 5.41) is 9.61. The Bertz CT molecular complexity index is 648. The number of hydrogen-bond acceptors (Lipinski definition) is 2. The summed E-state index contributed by atoms with van der Waals surface area (Å²) in [4.78, 5) is 0. The molecule has 0 unspecified atom stereocenters. The molecular weight excluding hydrogens is 270 g/mol. The Labute approximate surface area is 124 Å². The van der Waals surface area contributed by atoms with Crippen LogP contribution in [0.4, 0.5) is 0 Å². The van der Waals surface area contributed by atoms with Gasteiger partial charge in [0.05, 0.1) is 5.56 Å². The van der Waals surface area contributed by atoms with E-state index in [0.29, 0.717) is 22.1 Å². The zero-order valence-electron chi connectivity index (χ0n) is 11.8. The van der Waals surface area contributed by atoms with Crippen LogP contribution in [0.3, 0.4) is 0 Å². The van der Waals surface area contributed by atoms with Crippen molar-refractivity contribution in [2.24, 2.45) is 0 Å². The average Bonchev–Trinajstić information content (AvgIpc) is 2.40. The van der Waals surface area contributed by atoms with Crippen molar-refractivity contribution in [2.75, 3.05) is 0 Å². The molecule has 3 heteroatoms. The lowest BCUT2D eigenvalue weighted by atomic mass is 9.87. The Balaban J connectivity index is 2.25. The zero-order chi connectivity index (χ0) is 14.8. The zero-order valence-corrected chi connectivity index (χ0v) is 12.5. The van der Waals surface area contributed by atoms with Gasteiger partial charge in [-0.25, -0.2) is 0 Å². The van der Waals surface area contributed by atoms with Crippen molar-refractivity contribution < 1.29 is 4.74 Å². The third kappa shape index (κ3) is 3.31. The van der Waals surface area contributed by atoms with Crippen LogP contribution in [0.1, 0.15) is 31.9 Å². The van der Waals surface area contributed by atoms with Gasteiger partial charge in [0.2, 0.25) is 0 Å². The Morgan fingerprint density at radius 2 is 1.70 bits per heavy atom. The number of benzene rings is 2. The fraction of sp³-hybridized carbons (Fsp3) is 0.235. The first kappa shape index (κ1) is 14.4. The van der Waals surface area contributed by atoms with Crippen molar-refractivity contribution in [3.05, 3.63) is 58.6 Å². The monoisotopic (exact) mass is 285 g/mol. The van der Waals surface area contributed by atoms with Crippen LogP contribution < -0.4 is 4.74 Å². The molecule has 0 amide bonds. The van der Waals surface area contributed by atoms with E-state index in [1.165, 1.54) is 5.56 Å². The Hall–Kier alpha value is -1.98. The highest BCUT2D eigenvalue weighted by Gasteiger charge is 2.13. The van der Waals surface area contributed by atoms with Gasteiger partial charge in [0.25, 0.3) is 0 Å². The van der Waals surface area contributed by atoms with Crippen molar-refractivity contribution >= 4 is 11.6 Å². The predicted molar refractivity (Wildman–Crippen MR) is 81.4 cm³/mol. The standard InChI is InChI=1S/C17H16ClNO/c1-17(2,3)13-4-7-15(8-5-13)20-16-9-6-14(18)10-12(16)11-19/h4-10H,1-3H3. The molecule has 0 aliphatic carbocycles. The molecule has 0 saturated carbocycles. The summed E-state index contributed by atoms with van der Waals surface area (Å²) >= 11 is 5.86. The Morgan fingerprint density at radius 1 is 1.05 bits per heavy atom. The van der Waals surface area contributed by atoms with Crippen molar-refractivity contribution in [1.82, 2.24) is 0 Å². The summed E-state index contributed by atoms with van der Waals surface area (Å²) in [5.74, 6) is 1.22. The Kier molecular flexibility index (Phi) is 4.01. The van der Waals surface area contributed by atoms with Crippen LogP contribution in [0, 0.1) is 11.3 Å². The normalized spacial score (nSPS) is 10.9. The maximum atomic E-state index is 9.08. The molecule has 0 fully saturated rings. The van der Waals surface area contributed by atoms with E-state index in [0.717, 1.165) is 0 Å². The van der Waals surface area contributed by atoms with Crippen LogP contribution in [0.15, 0.2) is 42.5 Å². The van der Waals surface area contributed by atoms with Gasteiger partial charge in [-0.15, -0.1) is 0 Å². The van der Waals surface area contributed by atoms with Gasteiger partial charge in [-0.05, 0) is 41.3 Å². The van der Waals surface area contributed by atoms with Crippen molar-refractivity contribution in [3.8, 4) is 17.6 Å².